The minimum atomic E-state index is -0.127. The molecule has 0 aromatic carbocycles. The van der Waals surface area contributed by atoms with Crippen molar-refractivity contribution in [2.24, 2.45) is 7.05 Å². The first-order valence-electron chi connectivity index (χ1n) is 5.04. The number of nitrogens with one attached hydrogen (secondary N) is 1. The van der Waals surface area contributed by atoms with Crippen LogP contribution < -0.4 is 10.9 Å². The Morgan fingerprint density at radius 1 is 1.67 bits per heavy atom. The lowest BCUT2D eigenvalue weighted by atomic mass is 10.2. The van der Waals surface area contributed by atoms with Gasteiger partial charge in [-0.15, -0.1) is 11.6 Å². The average Bonchev–Trinajstić information content (AvgIpc) is 2.21. The smallest absolute Gasteiger partial charge is 0.293 e. The van der Waals surface area contributed by atoms with Gasteiger partial charge in [-0.2, -0.15) is 0 Å². The van der Waals surface area contributed by atoms with Crippen LogP contribution in [0.3, 0.4) is 0 Å². The number of anilines is 1. The standard InChI is InChI=1S/C10H16ClN3O/c1-3-4-8(11)7-13-9-10(15)14(2)6-5-12-9/h5-6,8H,3-4,7H2,1-2H3,(H,12,13). The monoisotopic (exact) mass is 229 g/mol. The van der Waals surface area contributed by atoms with Crippen LogP contribution in [0, 0.1) is 0 Å². The van der Waals surface area contributed by atoms with E-state index in [0.29, 0.717) is 12.4 Å². The number of halogens is 1. The molecule has 0 saturated heterocycles. The fourth-order valence-corrected chi connectivity index (χ4v) is 1.54. The van der Waals surface area contributed by atoms with E-state index < -0.39 is 0 Å². The predicted molar refractivity (Wildman–Crippen MR) is 62.5 cm³/mol. The van der Waals surface area contributed by atoms with Crippen molar-refractivity contribution in [3.63, 3.8) is 0 Å². The second-order valence-corrected chi connectivity index (χ2v) is 4.08. The Labute approximate surface area is 94.3 Å². The Morgan fingerprint density at radius 2 is 2.40 bits per heavy atom. The molecular weight excluding hydrogens is 214 g/mol. The molecule has 0 radical (unpaired) electrons. The molecular formula is C10H16ClN3O. The topological polar surface area (TPSA) is 46.9 Å². The summed E-state index contributed by atoms with van der Waals surface area (Å²) in [7, 11) is 1.69. The van der Waals surface area contributed by atoms with E-state index in [0.717, 1.165) is 12.8 Å². The lowest BCUT2D eigenvalue weighted by Crippen LogP contribution is -2.25. The normalized spacial score (nSPS) is 12.5. The first-order chi connectivity index (χ1) is 7.15. The van der Waals surface area contributed by atoms with Crippen molar-refractivity contribution in [1.82, 2.24) is 9.55 Å². The van der Waals surface area contributed by atoms with Crippen molar-refractivity contribution in [1.29, 1.82) is 0 Å². The van der Waals surface area contributed by atoms with E-state index in [2.05, 4.69) is 17.2 Å². The van der Waals surface area contributed by atoms with Crippen LogP contribution in [-0.4, -0.2) is 21.5 Å². The van der Waals surface area contributed by atoms with Crippen LogP contribution in [0.15, 0.2) is 17.2 Å². The Kier molecular flexibility index (Phi) is 4.62. The minimum Gasteiger partial charge on any atom is -0.364 e. The second kappa shape index (κ2) is 5.75. The molecule has 15 heavy (non-hydrogen) atoms. The zero-order valence-corrected chi connectivity index (χ0v) is 9.79. The minimum absolute atomic E-state index is 0.0433. The summed E-state index contributed by atoms with van der Waals surface area (Å²) in [6.45, 7) is 2.65. The number of hydrogen-bond acceptors (Lipinski definition) is 3. The molecule has 0 bridgehead atoms. The molecule has 1 aromatic heterocycles. The van der Waals surface area contributed by atoms with Crippen molar-refractivity contribution in [2.45, 2.75) is 25.1 Å². The highest BCUT2D eigenvalue weighted by Crippen LogP contribution is 2.05. The number of nitrogens with zero attached hydrogens (tertiary/aromatic N) is 2. The van der Waals surface area contributed by atoms with Crippen molar-refractivity contribution < 1.29 is 0 Å². The highest BCUT2D eigenvalue weighted by Gasteiger charge is 2.06. The number of rotatable bonds is 5. The summed E-state index contributed by atoms with van der Waals surface area (Å²) in [6.07, 6.45) is 5.18. The van der Waals surface area contributed by atoms with Gasteiger partial charge in [-0.05, 0) is 6.42 Å². The molecule has 0 fully saturated rings. The number of aryl methyl sites for hydroxylation is 1. The second-order valence-electron chi connectivity index (χ2n) is 3.46. The van der Waals surface area contributed by atoms with Crippen LogP contribution in [0.1, 0.15) is 19.8 Å². The molecule has 1 aromatic rings. The molecule has 5 heteroatoms. The van der Waals surface area contributed by atoms with Gasteiger partial charge < -0.3 is 9.88 Å². The summed E-state index contributed by atoms with van der Waals surface area (Å²) in [5, 5.41) is 3.01. The van der Waals surface area contributed by atoms with Crippen LogP contribution in [0.2, 0.25) is 0 Å². The van der Waals surface area contributed by atoms with E-state index in [9.17, 15) is 4.79 Å². The SMILES string of the molecule is CCCC(Cl)CNc1nccn(C)c1=O. The maximum atomic E-state index is 11.5. The summed E-state index contributed by atoms with van der Waals surface area (Å²) in [4.78, 5) is 15.5. The van der Waals surface area contributed by atoms with Crippen molar-refractivity contribution in [3.8, 4) is 0 Å². The van der Waals surface area contributed by atoms with Crippen LogP contribution in [0.25, 0.3) is 0 Å². The van der Waals surface area contributed by atoms with Crippen LogP contribution >= 0.6 is 11.6 Å². The quantitative estimate of drug-likeness (QED) is 0.781. The fourth-order valence-electron chi connectivity index (χ4n) is 1.24. The number of alkyl halides is 1. The van der Waals surface area contributed by atoms with Gasteiger partial charge in [0.05, 0.1) is 5.38 Å². The summed E-state index contributed by atoms with van der Waals surface area (Å²) < 4.78 is 1.48. The molecule has 0 aliphatic carbocycles. The van der Waals surface area contributed by atoms with Gasteiger partial charge in [-0.1, -0.05) is 13.3 Å². The highest BCUT2D eigenvalue weighted by atomic mass is 35.5. The Balaban J connectivity index is 2.58. The molecule has 1 rings (SSSR count). The Morgan fingerprint density at radius 3 is 3.07 bits per heavy atom. The van der Waals surface area contributed by atoms with E-state index in [4.69, 9.17) is 11.6 Å². The van der Waals surface area contributed by atoms with Crippen LogP contribution in [-0.2, 0) is 7.05 Å². The van der Waals surface area contributed by atoms with Crippen LogP contribution in [0.5, 0.6) is 0 Å². The maximum absolute atomic E-state index is 11.5. The zero-order valence-electron chi connectivity index (χ0n) is 9.03. The molecule has 1 atom stereocenters. The van der Waals surface area contributed by atoms with E-state index >= 15 is 0 Å². The summed E-state index contributed by atoms with van der Waals surface area (Å²) in [5.41, 5.74) is -0.127. The molecule has 0 aliphatic heterocycles. The van der Waals surface area contributed by atoms with Crippen molar-refractivity contribution in [2.75, 3.05) is 11.9 Å². The third-order valence-electron chi connectivity index (χ3n) is 2.11. The Hall–Kier alpha value is -1.03. The maximum Gasteiger partial charge on any atom is 0.293 e. The van der Waals surface area contributed by atoms with Gasteiger partial charge in [0.2, 0.25) is 0 Å². The molecule has 0 spiro atoms. The molecule has 4 nitrogen and oxygen atoms in total. The number of hydrogen-bond donors (Lipinski definition) is 1. The third kappa shape index (κ3) is 3.55. The first-order valence-corrected chi connectivity index (χ1v) is 5.48. The Bertz CT molecular complexity index is 364. The van der Waals surface area contributed by atoms with Gasteiger partial charge >= 0.3 is 0 Å². The summed E-state index contributed by atoms with van der Waals surface area (Å²) in [5.74, 6) is 0.363. The van der Waals surface area contributed by atoms with E-state index in [1.54, 1.807) is 19.4 Å². The molecule has 0 saturated carbocycles. The largest absolute Gasteiger partial charge is 0.364 e. The summed E-state index contributed by atoms with van der Waals surface area (Å²) in [6, 6.07) is 0. The predicted octanol–water partition coefficient (Wildman–Crippen LogP) is 1.60. The van der Waals surface area contributed by atoms with Gasteiger partial charge in [0, 0.05) is 26.0 Å². The van der Waals surface area contributed by atoms with Crippen molar-refractivity contribution in [3.05, 3.63) is 22.7 Å². The lowest BCUT2D eigenvalue weighted by Gasteiger charge is -2.09. The van der Waals surface area contributed by atoms with Gasteiger partial charge in [0.15, 0.2) is 5.82 Å². The zero-order chi connectivity index (χ0) is 11.3. The lowest BCUT2D eigenvalue weighted by molar-refractivity contribution is 0.746. The molecule has 1 N–H and O–H groups in total. The molecule has 1 unspecified atom stereocenters. The number of aromatic nitrogens is 2. The summed E-state index contributed by atoms with van der Waals surface area (Å²) >= 11 is 6.02. The molecule has 84 valence electrons. The van der Waals surface area contributed by atoms with Gasteiger partial charge in [-0.3, -0.25) is 4.79 Å². The third-order valence-corrected chi connectivity index (χ3v) is 2.48. The van der Waals surface area contributed by atoms with Crippen LogP contribution in [0.4, 0.5) is 5.82 Å². The van der Waals surface area contributed by atoms with Gasteiger partial charge in [0.25, 0.3) is 5.56 Å². The van der Waals surface area contributed by atoms with Crippen molar-refractivity contribution >= 4 is 17.4 Å². The van der Waals surface area contributed by atoms with E-state index in [-0.39, 0.29) is 10.9 Å². The average molecular weight is 230 g/mol. The first kappa shape index (κ1) is 12.0. The fraction of sp³-hybridized carbons (Fsp3) is 0.600. The van der Waals surface area contributed by atoms with E-state index in [1.165, 1.54) is 4.57 Å². The van der Waals surface area contributed by atoms with Gasteiger partial charge in [0.1, 0.15) is 0 Å². The highest BCUT2D eigenvalue weighted by molar-refractivity contribution is 6.20. The molecule has 0 amide bonds. The van der Waals surface area contributed by atoms with Gasteiger partial charge in [-0.25, -0.2) is 4.98 Å². The van der Waals surface area contributed by atoms with E-state index in [1.807, 2.05) is 0 Å². The molecule has 1 heterocycles. The molecule has 0 aliphatic rings.